The fourth-order valence-corrected chi connectivity index (χ4v) is 4.26. The Morgan fingerprint density at radius 2 is 2.14 bits per heavy atom. The number of sulfonamides is 1. The molecule has 0 bridgehead atoms. The molecule has 1 atom stereocenters. The average molecular weight is 329 g/mol. The van der Waals surface area contributed by atoms with Crippen LogP contribution < -0.4 is 4.90 Å². The molecule has 1 aliphatic heterocycles. The first-order valence-electron chi connectivity index (χ1n) is 6.70. The Morgan fingerprint density at radius 1 is 1.38 bits per heavy atom. The van der Waals surface area contributed by atoms with Gasteiger partial charge < -0.3 is 4.90 Å². The average Bonchev–Trinajstić information content (AvgIpc) is 2.83. The van der Waals surface area contributed by atoms with Crippen molar-refractivity contribution in [3.8, 4) is 0 Å². The standard InChI is InChI=1S/C13H17ClN4O2S/c1-9-8-17(3-4-18(9)21(2,19)20)13-6-10(14)5-12-11(13)7-15-16-12/h5-7,9H,3-4,8H2,1-2H3,(H,15,16). The van der Waals surface area contributed by atoms with Gasteiger partial charge in [0.2, 0.25) is 10.0 Å². The Balaban J connectivity index is 1.93. The van der Waals surface area contributed by atoms with Crippen LogP contribution in [0.1, 0.15) is 6.92 Å². The molecule has 0 radical (unpaired) electrons. The van der Waals surface area contributed by atoms with Crippen molar-refractivity contribution in [2.24, 2.45) is 0 Å². The van der Waals surface area contributed by atoms with Crippen molar-refractivity contribution in [1.29, 1.82) is 0 Å². The minimum absolute atomic E-state index is 0.0744. The number of nitrogens with zero attached hydrogens (tertiary/aromatic N) is 3. The maximum absolute atomic E-state index is 11.7. The third-order valence-corrected chi connectivity index (χ3v) is 5.45. The third kappa shape index (κ3) is 2.73. The zero-order valence-corrected chi connectivity index (χ0v) is 13.4. The molecule has 2 aromatic rings. The van der Waals surface area contributed by atoms with Crippen LogP contribution in [0, 0.1) is 0 Å². The number of halogens is 1. The first-order chi connectivity index (χ1) is 9.86. The van der Waals surface area contributed by atoms with Gasteiger partial charge in [0.15, 0.2) is 0 Å². The first-order valence-corrected chi connectivity index (χ1v) is 8.93. The quantitative estimate of drug-likeness (QED) is 0.910. The molecule has 0 spiro atoms. The van der Waals surface area contributed by atoms with Gasteiger partial charge in [-0.2, -0.15) is 9.40 Å². The summed E-state index contributed by atoms with van der Waals surface area (Å²) in [6.07, 6.45) is 3.03. The van der Waals surface area contributed by atoms with Gasteiger partial charge >= 0.3 is 0 Å². The molecule has 21 heavy (non-hydrogen) atoms. The lowest BCUT2D eigenvalue weighted by Gasteiger charge is -2.39. The number of nitrogens with one attached hydrogen (secondary N) is 1. The molecule has 0 aliphatic carbocycles. The van der Waals surface area contributed by atoms with Crippen LogP contribution in [0.2, 0.25) is 5.02 Å². The van der Waals surface area contributed by atoms with E-state index in [1.807, 2.05) is 19.1 Å². The topological polar surface area (TPSA) is 69.3 Å². The Labute approximate surface area is 128 Å². The number of hydrogen-bond donors (Lipinski definition) is 1. The van der Waals surface area contributed by atoms with Gasteiger partial charge in [-0.15, -0.1) is 0 Å². The monoisotopic (exact) mass is 328 g/mol. The molecule has 8 heteroatoms. The second kappa shape index (κ2) is 5.15. The maximum atomic E-state index is 11.7. The number of piperazine rings is 1. The zero-order chi connectivity index (χ0) is 15.2. The minimum Gasteiger partial charge on any atom is -0.368 e. The number of rotatable bonds is 2. The molecule has 1 aromatic carbocycles. The number of H-pyrrole nitrogens is 1. The highest BCUT2D eigenvalue weighted by Crippen LogP contribution is 2.31. The summed E-state index contributed by atoms with van der Waals surface area (Å²) in [5.74, 6) is 0. The van der Waals surface area contributed by atoms with Gasteiger partial charge in [0, 0.05) is 41.8 Å². The molecule has 1 saturated heterocycles. The fourth-order valence-electron chi connectivity index (χ4n) is 2.91. The Morgan fingerprint density at radius 3 is 2.81 bits per heavy atom. The van der Waals surface area contributed by atoms with Crippen molar-refractivity contribution >= 4 is 38.2 Å². The second-order valence-electron chi connectivity index (χ2n) is 5.42. The number of aromatic amines is 1. The summed E-state index contributed by atoms with van der Waals surface area (Å²) in [5.41, 5.74) is 1.88. The van der Waals surface area contributed by atoms with Crippen molar-refractivity contribution in [3.63, 3.8) is 0 Å². The molecular formula is C13H17ClN4O2S. The van der Waals surface area contributed by atoms with Gasteiger partial charge in [0.1, 0.15) is 0 Å². The number of hydrogen-bond acceptors (Lipinski definition) is 4. The molecule has 2 heterocycles. The predicted molar refractivity (Wildman–Crippen MR) is 84.3 cm³/mol. The molecule has 0 saturated carbocycles. The fraction of sp³-hybridized carbons (Fsp3) is 0.462. The first kappa shape index (κ1) is 14.6. The van der Waals surface area contributed by atoms with Crippen molar-refractivity contribution < 1.29 is 8.42 Å². The van der Waals surface area contributed by atoms with Gasteiger partial charge in [-0.3, -0.25) is 5.10 Å². The summed E-state index contributed by atoms with van der Waals surface area (Å²) in [5, 5.41) is 8.61. The lowest BCUT2D eigenvalue weighted by molar-refractivity contribution is 0.309. The molecule has 3 rings (SSSR count). The van der Waals surface area contributed by atoms with E-state index in [0.29, 0.717) is 24.7 Å². The lowest BCUT2D eigenvalue weighted by atomic mass is 10.1. The van der Waals surface area contributed by atoms with E-state index in [-0.39, 0.29) is 6.04 Å². The van der Waals surface area contributed by atoms with E-state index in [1.165, 1.54) is 6.26 Å². The van der Waals surface area contributed by atoms with Gasteiger partial charge in [-0.25, -0.2) is 8.42 Å². The van der Waals surface area contributed by atoms with Crippen LogP contribution in [0.5, 0.6) is 0 Å². The predicted octanol–water partition coefficient (Wildman–Crippen LogP) is 1.69. The smallest absolute Gasteiger partial charge is 0.211 e. The van der Waals surface area contributed by atoms with Crippen LogP contribution >= 0.6 is 11.6 Å². The highest BCUT2D eigenvalue weighted by Gasteiger charge is 2.30. The molecule has 114 valence electrons. The van der Waals surface area contributed by atoms with Gasteiger partial charge in [0.05, 0.1) is 18.0 Å². The summed E-state index contributed by atoms with van der Waals surface area (Å²) in [7, 11) is -3.16. The normalized spacial score (nSPS) is 21.1. The van der Waals surface area contributed by atoms with Crippen LogP contribution in [0.25, 0.3) is 10.9 Å². The zero-order valence-electron chi connectivity index (χ0n) is 11.9. The number of anilines is 1. The van der Waals surface area contributed by atoms with Crippen molar-refractivity contribution in [1.82, 2.24) is 14.5 Å². The molecule has 1 N–H and O–H groups in total. The van der Waals surface area contributed by atoms with Crippen molar-refractivity contribution in [2.75, 3.05) is 30.8 Å². The number of benzene rings is 1. The van der Waals surface area contributed by atoms with E-state index in [2.05, 4.69) is 15.1 Å². The van der Waals surface area contributed by atoms with Gasteiger partial charge in [-0.1, -0.05) is 11.6 Å². The highest BCUT2D eigenvalue weighted by atomic mass is 35.5. The molecular weight excluding hydrogens is 312 g/mol. The molecule has 1 aliphatic rings. The van der Waals surface area contributed by atoms with Gasteiger partial charge in [-0.05, 0) is 19.1 Å². The highest BCUT2D eigenvalue weighted by molar-refractivity contribution is 7.88. The SMILES string of the molecule is CC1CN(c2cc(Cl)cc3[nH]ncc23)CCN1S(C)(=O)=O. The van der Waals surface area contributed by atoms with E-state index >= 15 is 0 Å². The van der Waals surface area contributed by atoms with Crippen molar-refractivity contribution in [2.45, 2.75) is 13.0 Å². The Hall–Kier alpha value is -1.31. The Bertz CT molecular complexity index is 774. The molecule has 1 aromatic heterocycles. The molecule has 1 fully saturated rings. The van der Waals surface area contributed by atoms with Gasteiger partial charge in [0.25, 0.3) is 0 Å². The second-order valence-corrected chi connectivity index (χ2v) is 7.80. The van der Waals surface area contributed by atoms with Crippen LogP contribution in [-0.2, 0) is 10.0 Å². The summed E-state index contributed by atoms with van der Waals surface area (Å²) >= 11 is 6.16. The van der Waals surface area contributed by atoms with E-state index in [9.17, 15) is 8.42 Å². The number of fused-ring (bicyclic) bond motifs is 1. The van der Waals surface area contributed by atoms with E-state index < -0.39 is 10.0 Å². The van der Waals surface area contributed by atoms with E-state index in [4.69, 9.17) is 11.6 Å². The minimum atomic E-state index is -3.16. The summed E-state index contributed by atoms with van der Waals surface area (Å²) in [4.78, 5) is 2.16. The van der Waals surface area contributed by atoms with Crippen LogP contribution in [0.3, 0.4) is 0 Å². The third-order valence-electron chi connectivity index (χ3n) is 3.83. The summed E-state index contributed by atoms with van der Waals surface area (Å²) in [6, 6.07) is 3.67. The van der Waals surface area contributed by atoms with Crippen LogP contribution in [0.15, 0.2) is 18.3 Å². The van der Waals surface area contributed by atoms with E-state index in [0.717, 1.165) is 16.6 Å². The Kier molecular flexibility index (Phi) is 3.59. The maximum Gasteiger partial charge on any atom is 0.211 e. The molecule has 0 amide bonds. The summed E-state index contributed by atoms with van der Waals surface area (Å²) < 4.78 is 25.0. The van der Waals surface area contributed by atoms with Crippen molar-refractivity contribution in [3.05, 3.63) is 23.4 Å². The van der Waals surface area contributed by atoms with Crippen LogP contribution in [-0.4, -0.2) is 54.9 Å². The lowest BCUT2D eigenvalue weighted by Crippen LogP contribution is -2.53. The largest absolute Gasteiger partial charge is 0.368 e. The number of aromatic nitrogens is 2. The molecule has 6 nitrogen and oxygen atoms in total. The van der Waals surface area contributed by atoms with Crippen LogP contribution in [0.4, 0.5) is 5.69 Å². The van der Waals surface area contributed by atoms with E-state index in [1.54, 1.807) is 10.5 Å². The molecule has 1 unspecified atom stereocenters. The summed E-state index contributed by atoms with van der Waals surface area (Å²) in [6.45, 7) is 3.67.